The number of sulfone groups is 1. The number of carbonyl (C=O) groups is 1. The highest BCUT2D eigenvalue weighted by Gasteiger charge is 2.38. The van der Waals surface area contributed by atoms with Gasteiger partial charge in [0.1, 0.15) is 20.8 Å². The predicted molar refractivity (Wildman–Crippen MR) is 136 cm³/mol. The Morgan fingerprint density at radius 3 is 2.48 bits per heavy atom. The fraction of sp³-hybridized carbons (Fsp3) is 0.625. The summed E-state index contributed by atoms with van der Waals surface area (Å²) in [5.41, 5.74) is -1.65. The predicted octanol–water partition coefficient (Wildman–Crippen LogP) is 4.27. The fourth-order valence-electron chi connectivity index (χ4n) is 4.51. The van der Waals surface area contributed by atoms with E-state index in [1.807, 2.05) is 0 Å². The number of hydrogen-bond acceptors (Lipinski definition) is 7. The van der Waals surface area contributed by atoms with Gasteiger partial charge in [0, 0.05) is 25.4 Å². The van der Waals surface area contributed by atoms with Crippen LogP contribution in [0, 0.1) is 5.92 Å². The fourth-order valence-corrected chi connectivity index (χ4v) is 5.91. The molecule has 1 saturated carbocycles. The van der Waals surface area contributed by atoms with Gasteiger partial charge in [-0.3, -0.25) is 9.36 Å². The zero-order chi connectivity index (χ0) is 30.0. The van der Waals surface area contributed by atoms with Crippen LogP contribution < -0.4 is 10.1 Å². The van der Waals surface area contributed by atoms with E-state index < -0.39 is 57.5 Å². The van der Waals surface area contributed by atoms with Crippen molar-refractivity contribution in [3.8, 4) is 11.6 Å². The van der Waals surface area contributed by atoms with E-state index in [1.54, 1.807) is 6.92 Å². The van der Waals surface area contributed by atoms with Gasteiger partial charge in [-0.15, -0.1) is 0 Å². The molecule has 0 bridgehead atoms. The summed E-state index contributed by atoms with van der Waals surface area (Å²) in [4.78, 5) is 21.2. The first-order valence-electron chi connectivity index (χ1n) is 12.4. The second-order valence-corrected chi connectivity index (χ2v) is 12.7. The number of amides is 1. The van der Waals surface area contributed by atoms with Crippen LogP contribution in [0.5, 0.6) is 5.75 Å². The lowest BCUT2D eigenvalue weighted by molar-refractivity contribution is -0.169. The van der Waals surface area contributed by atoms with Crippen LogP contribution in [0.3, 0.4) is 0 Å². The minimum atomic E-state index is -4.51. The van der Waals surface area contributed by atoms with E-state index in [4.69, 9.17) is 11.6 Å². The molecule has 40 heavy (non-hydrogen) atoms. The summed E-state index contributed by atoms with van der Waals surface area (Å²) in [7, 11) is -3.26. The summed E-state index contributed by atoms with van der Waals surface area (Å²) in [5, 5.41) is 12.5. The van der Waals surface area contributed by atoms with Crippen molar-refractivity contribution in [1.82, 2.24) is 19.9 Å². The van der Waals surface area contributed by atoms with Gasteiger partial charge in [-0.05, 0) is 43.7 Å². The van der Waals surface area contributed by atoms with Crippen molar-refractivity contribution < 1.29 is 45.0 Å². The largest absolute Gasteiger partial charge is 0.431 e. The average Bonchev–Trinajstić information content (AvgIpc) is 3.17. The topological polar surface area (TPSA) is 123 Å². The van der Waals surface area contributed by atoms with Crippen LogP contribution in [0.2, 0.25) is 5.15 Å². The third kappa shape index (κ3) is 7.60. The number of carbonyl (C=O) groups excluding carboxylic acids is 1. The first-order valence-corrected chi connectivity index (χ1v) is 14.8. The first-order chi connectivity index (χ1) is 18.4. The SMILES string of the molecule is CCc1nc(C(=O)NCC2(O)CCC(S(C)(=O)=O)CC2)c(Cl)n1-c1ncc(CC(C)C(F)(F)F)cc1OC(F)F. The molecule has 0 saturated heterocycles. The third-order valence-corrected chi connectivity index (χ3v) is 8.92. The summed E-state index contributed by atoms with van der Waals surface area (Å²) in [6.07, 6.45) is -1.91. The van der Waals surface area contributed by atoms with Crippen LogP contribution in [0.25, 0.3) is 5.82 Å². The third-order valence-electron chi connectivity index (χ3n) is 6.89. The van der Waals surface area contributed by atoms with Crippen molar-refractivity contribution in [3.05, 3.63) is 34.5 Å². The highest BCUT2D eigenvalue weighted by Crippen LogP contribution is 2.34. The number of imidazole rings is 1. The van der Waals surface area contributed by atoms with Crippen LogP contribution in [0.1, 0.15) is 61.4 Å². The van der Waals surface area contributed by atoms with Crippen molar-refractivity contribution >= 4 is 27.3 Å². The van der Waals surface area contributed by atoms with E-state index in [9.17, 15) is 40.3 Å². The Bertz CT molecular complexity index is 1330. The Balaban J connectivity index is 1.86. The van der Waals surface area contributed by atoms with Gasteiger partial charge in [0.15, 0.2) is 17.3 Å². The number of alkyl halides is 5. The van der Waals surface area contributed by atoms with Gasteiger partial charge in [0.25, 0.3) is 5.91 Å². The molecule has 0 aromatic carbocycles. The number of nitrogens with one attached hydrogen (secondary N) is 1. The molecule has 0 spiro atoms. The molecule has 224 valence electrons. The van der Waals surface area contributed by atoms with Crippen LogP contribution in [-0.4, -0.2) is 70.4 Å². The number of aryl methyl sites for hydroxylation is 1. The van der Waals surface area contributed by atoms with Gasteiger partial charge in [0.05, 0.1) is 16.8 Å². The lowest BCUT2D eigenvalue weighted by atomic mass is 9.84. The van der Waals surface area contributed by atoms with Gasteiger partial charge in [-0.25, -0.2) is 18.4 Å². The van der Waals surface area contributed by atoms with Gasteiger partial charge in [-0.2, -0.15) is 22.0 Å². The zero-order valence-electron chi connectivity index (χ0n) is 21.9. The number of ether oxygens (including phenoxy) is 1. The van der Waals surface area contributed by atoms with Gasteiger partial charge >= 0.3 is 12.8 Å². The van der Waals surface area contributed by atoms with Crippen molar-refractivity contribution in [2.24, 2.45) is 5.92 Å². The molecule has 0 radical (unpaired) electrons. The Labute approximate surface area is 233 Å². The maximum atomic E-state index is 13.2. The molecule has 1 aliphatic carbocycles. The molecule has 2 heterocycles. The lowest BCUT2D eigenvalue weighted by Crippen LogP contribution is -2.47. The van der Waals surface area contributed by atoms with Crippen molar-refractivity contribution in [1.29, 1.82) is 0 Å². The van der Waals surface area contributed by atoms with E-state index >= 15 is 0 Å². The molecule has 1 aliphatic rings. The lowest BCUT2D eigenvalue weighted by Gasteiger charge is -2.35. The summed E-state index contributed by atoms with van der Waals surface area (Å²) in [6, 6.07) is 1.01. The molecule has 2 N–H and O–H groups in total. The second kappa shape index (κ2) is 12.1. The van der Waals surface area contributed by atoms with Gasteiger partial charge in [0.2, 0.25) is 0 Å². The van der Waals surface area contributed by atoms with E-state index in [2.05, 4.69) is 20.0 Å². The second-order valence-electron chi connectivity index (χ2n) is 9.98. The molecule has 2 aromatic heterocycles. The van der Waals surface area contributed by atoms with Crippen molar-refractivity contribution in [3.63, 3.8) is 0 Å². The number of aliphatic hydroxyl groups is 1. The van der Waals surface area contributed by atoms with Crippen LogP contribution >= 0.6 is 11.6 Å². The maximum Gasteiger partial charge on any atom is 0.391 e. The van der Waals surface area contributed by atoms with Gasteiger partial charge < -0.3 is 15.2 Å². The average molecular weight is 617 g/mol. The Hall–Kier alpha value is -2.52. The highest BCUT2D eigenvalue weighted by molar-refractivity contribution is 7.91. The molecule has 9 nitrogen and oxygen atoms in total. The van der Waals surface area contributed by atoms with Crippen LogP contribution in [-0.2, 0) is 22.7 Å². The van der Waals surface area contributed by atoms with Crippen LogP contribution in [0.15, 0.2) is 12.3 Å². The normalized spacial score (nSPS) is 20.9. The molecule has 16 heteroatoms. The van der Waals surface area contributed by atoms with Crippen molar-refractivity contribution in [2.45, 2.75) is 76.0 Å². The summed E-state index contributed by atoms with van der Waals surface area (Å²) in [5.74, 6) is -3.28. The van der Waals surface area contributed by atoms with E-state index in [1.165, 1.54) is 0 Å². The summed E-state index contributed by atoms with van der Waals surface area (Å²) < 4.78 is 94.6. The number of pyridine rings is 1. The Kier molecular flexibility index (Phi) is 9.72. The molecular formula is C24H30ClF5N4O5S. The molecule has 1 unspecified atom stereocenters. The maximum absolute atomic E-state index is 13.2. The zero-order valence-corrected chi connectivity index (χ0v) is 23.5. The number of aromatic nitrogens is 3. The monoisotopic (exact) mass is 616 g/mol. The smallest absolute Gasteiger partial charge is 0.391 e. The van der Waals surface area contributed by atoms with Crippen LogP contribution in [0.4, 0.5) is 22.0 Å². The first kappa shape index (κ1) is 32.0. The number of halogens is 6. The van der Waals surface area contributed by atoms with E-state index in [0.717, 1.165) is 30.0 Å². The standard InChI is InChI=1S/C24H30ClF5N4O5S/c1-4-17-33-18(21(35)32-12-23(36)7-5-15(6-8-23)40(3,37)38)19(25)34(17)20-16(39-22(26)27)10-14(11-31-20)9-13(2)24(28,29)30/h10-11,13,15,22,36H,4-9,12H2,1-3H3,(H,32,35). The molecule has 1 atom stereocenters. The summed E-state index contributed by atoms with van der Waals surface area (Å²) >= 11 is 6.43. The minimum Gasteiger partial charge on any atom is -0.431 e. The van der Waals surface area contributed by atoms with Crippen molar-refractivity contribution in [2.75, 3.05) is 12.8 Å². The van der Waals surface area contributed by atoms with E-state index in [0.29, 0.717) is 0 Å². The molecule has 1 amide bonds. The molecule has 2 aromatic rings. The molecular weight excluding hydrogens is 587 g/mol. The summed E-state index contributed by atoms with van der Waals surface area (Å²) in [6.45, 7) is -0.948. The number of hydrogen-bond donors (Lipinski definition) is 2. The Morgan fingerprint density at radius 2 is 1.95 bits per heavy atom. The number of rotatable bonds is 10. The molecule has 3 rings (SSSR count). The quantitative estimate of drug-likeness (QED) is 0.382. The van der Waals surface area contributed by atoms with E-state index in [-0.39, 0.29) is 66.7 Å². The number of nitrogens with zero attached hydrogens (tertiary/aromatic N) is 3. The highest BCUT2D eigenvalue weighted by atomic mass is 35.5. The molecule has 1 fully saturated rings. The minimum absolute atomic E-state index is 0.00434. The molecule has 0 aliphatic heterocycles. The van der Waals surface area contributed by atoms with Gasteiger partial charge in [-0.1, -0.05) is 25.4 Å². The Morgan fingerprint density at radius 1 is 1.32 bits per heavy atom.